The van der Waals surface area contributed by atoms with Crippen LogP contribution in [-0.2, 0) is 11.2 Å². The smallest absolute Gasteiger partial charge is 0.222 e. The Balaban J connectivity index is 1.81. The fraction of sp³-hybridized carbons (Fsp3) is 0.588. The third-order valence-corrected chi connectivity index (χ3v) is 3.44. The molecular weight excluding hydrogens is 264 g/mol. The number of nitrogens with zero attached hydrogens (tertiary/aromatic N) is 1. The van der Waals surface area contributed by atoms with Crippen molar-refractivity contribution in [3.8, 4) is 5.75 Å². The molecule has 116 valence electrons. The van der Waals surface area contributed by atoms with E-state index in [9.17, 15) is 4.79 Å². The maximum absolute atomic E-state index is 12.1. The predicted octanol–water partition coefficient (Wildman–Crippen LogP) is 2.23. The van der Waals surface area contributed by atoms with Crippen molar-refractivity contribution in [3.63, 3.8) is 0 Å². The molecule has 1 aromatic carbocycles. The van der Waals surface area contributed by atoms with E-state index in [1.165, 1.54) is 5.56 Å². The molecule has 4 nitrogen and oxygen atoms in total. The van der Waals surface area contributed by atoms with Gasteiger partial charge >= 0.3 is 0 Å². The lowest BCUT2D eigenvalue weighted by molar-refractivity contribution is -0.131. The molecule has 0 atom stereocenters. The van der Waals surface area contributed by atoms with Gasteiger partial charge < -0.3 is 15.0 Å². The van der Waals surface area contributed by atoms with Crippen molar-refractivity contribution >= 4 is 5.91 Å². The van der Waals surface area contributed by atoms with Crippen LogP contribution in [0.25, 0.3) is 0 Å². The average Bonchev–Trinajstić information content (AvgIpc) is 2.45. The van der Waals surface area contributed by atoms with Gasteiger partial charge in [-0.2, -0.15) is 0 Å². The summed E-state index contributed by atoms with van der Waals surface area (Å²) in [5, 5.41) is 3.26. The molecule has 1 aliphatic heterocycles. The third kappa shape index (κ3) is 5.38. The first kappa shape index (κ1) is 15.8. The third-order valence-electron chi connectivity index (χ3n) is 3.44. The molecule has 4 heteroatoms. The Bertz CT molecular complexity index is 457. The summed E-state index contributed by atoms with van der Waals surface area (Å²) in [7, 11) is 0. The van der Waals surface area contributed by atoms with E-state index in [0.717, 1.165) is 38.3 Å². The lowest BCUT2D eigenvalue weighted by Gasteiger charge is -2.27. The number of carbonyl (C=O) groups excluding carboxylic acids is 1. The van der Waals surface area contributed by atoms with Crippen molar-refractivity contribution in [1.29, 1.82) is 0 Å². The highest BCUT2D eigenvalue weighted by Crippen LogP contribution is 2.19. The van der Waals surface area contributed by atoms with Gasteiger partial charge in [-0.3, -0.25) is 4.79 Å². The second-order valence-corrected chi connectivity index (χ2v) is 6.49. The predicted molar refractivity (Wildman–Crippen MR) is 84.6 cm³/mol. The van der Waals surface area contributed by atoms with Gasteiger partial charge in [-0.05, 0) is 44.9 Å². The minimum Gasteiger partial charge on any atom is -0.488 e. The van der Waals surface area contributed by atoms with E-state index in [-0.39, 0.29) is 11.5 Å². The molecule has 0 aromatic heterocycles. The molecule has 1 amide bonds. The first-order valence-electron chi connectivity index (χ1n) is 7.70. The highest BCUT2D eigenvalue weighted by Gasteiger charge is 2.16. The van der Waals surface area contributed by atoms with Crippen LogP contribution in [0, 0.1) is 0 Å². The molecule has 0 unspecified atom stereocenters. The highest BCUT2D eigenvalue weighted by atomic mass is 16.5. The van der Waals surface area contributed by atoms with Gasteiger partial charge in [0.25, 0.3) is 0 Å². The Morgan fingerprint density at radius 1 is 1.19 bits per heavy atom. The first-order valence-corrected chi connectivity index (χ1v) is 7.70. The van der Waals surface area contributed by atoms with Crippen molar-refractivity contribution in [1.82, 2.24) is 10.2 Å². The zero-order chi connectivity index (χ0) is 15.3. The molecule has 0 aliphatic carbocycles. The first-order chi connectivity index (χ1) is 9.94. The summed E-state index contributed by atoms with van der Waals surface area (Å²) >= 11 is 0. The Hall–Kier alpha value is -1.55. The van der Waals surface area contributed by atoms with Crippen LogP contribution < -0.4 is 10.1 Å². The molecule has 1 aromatic rings. The fourth-order valence-corrected chi connectivity index (χ4v) is 2.40. The van der Waals surface area contributed by atoms with E-state index in [1.54, 1.807) is 0 Å². The molecule has 1 fully saturated rings. The van der Waals surface area contributed by atoms with E-state index < -0.39 is 0 Å². The minimum absolute atomic E-state index is 0.181. The zero-order valence-corrected chi connectivity index (χ0v) is 13.3. The Morgan fingerprint density at radius 2 is 1.81 bits per heavy atom. The van der Waals surface area contributed by atoms with Crippen LogP contribution in [0.15, 0.2) is 24.3 Å². The quantitative estimate of drug-likeness (QED) is 0.924. The van der Waals surface area contributed by atoms with E-state index >= 15 is 0 Å². The highest BCUT2D eigenvalue weighted by molar-refractivity contribution is 5.76. The average molecular weight is 290 g/mol. The van der Waals surface area contributed by atoms with Gasteiger partial charge in [0.1, 0.15) is 11.4 Å². The Labute approximate surface area is 127 Å². The SMILES string of the molecule is CC(C)(C)Oc1ccc(CCC(=O)N2CCNCC2)cc1. The summed E-state index contributed by atoms with van der Waals surface area (Å²) in [5.41, 5.74) is 1.000. The van der Waals surface area contributed by atoms with Crippen LogP contribution in [0.2, 0.25) is 0 Å². The topological polar surface area (TPSA) is 41.6 Å². The number of piperazine rings is 1. The number of nitrogens with one attached hydrogen (secondary N) is 1. The van der Waals surface area contributed by atoms with Crippen LogP contribution in [0.3, 0.4) is 0 Å². The molecule has 1 heterocycles. The van der Waals surface area contributed by atoms with E-state index in [0.29, 0.717) is 6.42 Å². The Kier molecular flexibility index (Phi) is 5.23. The standard InChI is InChI=1S/C17H26N2O2/c1-17(2,3)21-15-7-4-14(5-8-15)6-9-16(20)19-12-10-18-11-13-19/h4-5,7-8,18H,6,9-13H2,1-3H3. The fourth-order valence-electron chi connectivity index (χ4n) is 2.40. The van der Waals surface area contributed by atoms with Crippen molar-refractivity contribution in [3.05, 3.63) is 29.8 Å². The summed E-state index contributed by atoms with van der Waals surface area (Å²) < 4.78 is 5.80. The molecule has 2 rings (SSSR count). The minimum atomic E-state index is -0.181. The normalized spacial score (nSPS) is 15.9. The lowest BCUT2D eigenvalue weighted by atomic mass is 10.1. The van der Waals surface area contributed by atoms with Crippen LogP contribution in [0.1, 0.15) is 32.8 Å². The molecule has 0 bridgehead atoms. The van der Waals surface area contributed by atoms with Gasteiger partial charge in [-0.15, -0.1) is 0 Å². The largest absolute Gasteiger partial charge is 0.488 e. The lowest BCUT2D eigenvalue weighted by Crippen LogP contribution is -2.46. The van der Waals surface area contributed by atoms with Crippen molar-refractivity contribution in [2.75, 3.05) is 26.2 Å². The van der Waals surface area contributed by atoms with Gasteiger partial charge in [-0.1, -0.05) is 12.1 Å². The number of aryl methyl sites for hydroxylation is 1. The van der Waals surface area contributed by atoms with Crippen LogP contribution >= 0.6 is 0 Å². The van der Waals surface area contributed by atoms with E-state index in [4.69, 9.17) is 4.74 Å². The summed E-state index contributed by atoms with van der Waals surface area (Å²) in [6, 6.07) is 8.06. The molecular formula is C17H26N2O2. The molecule has 1 N–H and O–H groups in total. The number of ether oxygens (including phenoxy) is 1. The molecule has 0 radical (unpaired) electrons. The van der Waals surface area contributed by atoms with E-state index in [2.05, 4.69) is 5.32 Å². The van der Waals surface area contributed by atoms with Crippen LogP contribution in [0.4, 0.5) is 0 Å². The van der Waals surface area contributed by atoms with E-state index in [1.807, 2.05) is 49.9 Å². The molecule has 1 saturated heterocycles. The second-order valence-electron chi connectivity index (χ2n) is 6.49. The Morgan fingerprint density at radius 3 is 2.38 bits per heavy atom. The number of carbonyl (C=O) groups is 1. The van der Waals surface area contributed by atoms with Crippen molar-refractivity contribution < 1.29 is 9.53 Å². The number of benzene rings is 1. The van der Waals surface area contributed by atoms with Crippen LogP contribution in [-0.4, -0.2) is 42.6 Å². The molecule has 0 saturated carbocycles. The summed E-state index contributed by atoms with van der Waals surface area (Å²) in [6.45, 7) is 9.58. The number of amides is 1. The van der Waals surface area contributed by atoms with Gasteiger partial charge in [-0.25, -0.2) is 0 Å². The maximum atomic E-state index is 12.1. The zero-order valence-electron chi connectivity index (χ0n) is 13.3. The van der Waals surface area contributed by atoms with Gasteiger partial charge in [0.05, 0.1) is 0 Å². The van der Waals surface area contributed by atoms with Gasteiger partial charge in [0.15, 0.2) is 0 Å². The number of rotatable bonds is 4. The summed E-state index contributed by atoms with van der Waals surface area (Å²) in [6.07, 6.45) is 1.37. The summed E-state index contributed by atoms with van der Waals surface area (Å²) in [4.78, 5) is 14.1. The second kappa shape index (κ2) is 6.94. The maximum Gasteiger partial charge on any atom is 0.222 e. The summed E-state index contributed by atoms with van der Waals surface area (Å²) in [5.74, 6) is 1.13. The van der Waals surface area contributed by atoms with Crippen molar-refractivity contribution in [2.24, 2.45) is 0 Å². The molecule has 1 aliphatic rings. The van der Waals surface area contributed by atoms with Gasteiger partial charge in [0.2, 0.25) is 5.91 Å². The number of hydrogen-bond acceptors (Lipinski definition) is 3. The van der Waals surface area contributed by atoms with Crippen molar-refractivity contribution in [2.45, 2.75) is 39.2 Å². The van der Waals surface area contributed by atoms with Gasteiger partial charge in [0, 0.05) is 32.6 Å². The number of hydrogen-bond donors (Lipinski definition) is 1. The van der Waals surface area contributed by atoms with Crippen LogP contribution in [0.5, 0.6) is 5.75 Å². The molecule has 21 heavy (non-hydrogen) atoms. The monoisotopic (exact) mass is 290 g/mol. The molecule has 0 spiro atoms.